The van der Waals surface area contributed by atoms with E-state index in [1.54, 1.807) is 0 Å². The number of unbranched alkanes of at least 4 members (excludes halogenated alkanes) is 16. The van der Waals surface area contributed by atoms with Crippen molar-refractivity contribution >= 4 is 5.97 Å². The maximum absolute atomic E-state index is 11.7. The number of carbonyl (C=O) groups is 1. The van der Waals surface area contributed by atoms with Crippen LogP contribution in [-0.2, 0) is 9.53 Å². The summed E-state index contributed by atoms with van der Waals surface area (Å²) in [5, 5.41) is 0. The predicted molar refractivity (Wildman–Crippen MR) is 128 cm³/mol. The highest BCUT2D eigenvalue weighted by molar-refractivity contribution is 5.69. The van der Waals surface area contributed by atoms with Crippen LogP contribution in [0.5, 0.6) is 0 Å². The van der Waals surface area contributed by atoms with Crippen LogP contribution < -0.4 is 0 Å². The molecule has 0 rings (SSSR count). The first-order valence-corrected chi connectivity index (χ1v) is 13.4. The Bertz CT molecular complexity index is 326. The summed E-state index contributed by atoms with van der Waals surface area (Å²) < 4.78 is 5.38. The lowest BCUT2D eigenvalue weighted by Crippen LogP contribution is -2.05. The largest absolute Gasteiger partial charge is 0.466 e. The van der Waals surface area contributed by atoms with E-state index < -0.39 is 0 Å². The molecule has 0 radical (unpaired) electrons. The van der Waals surface area contributed by atoms with Crippen molar-refractivity contribution in [3.05, 3.63) is 0 Å². The molecule has 0 heterocycles. The molecule has 2 heteroatoms. The molecular weight excluding hydrogens is 356 g/mol. The van der Waals surface area contributed by atoms with E-state index in [0.717, 1.165) is 18.8 Å². The average Bonchev–Trinajstić information content (AvgIpc) is 2.73. The molecule has 1 atom stereocenters. The molecule has 0 bridgehead atoms. The van der Waals surface area contributed by atoms with E-state index >= 15 is 0 Å². The highest BCUT2D eigenvalue weighted by Crippen LogP contribution is 2.15. The molecule has 0 aliphatic heterocycles. The predicted octanol–water partition coefficient (Wildman–Crippen LogP) is 9.40. The summed E-state index contributed by atoms with van der Waals surface area (Å²) in [5.74, 6) is 0.930. The zero-order valence-electron chi connectivity index (χ0n) is 20.5. The zero-order chi connectivity index (χ0) is 21.4. The first-order chi connectivity index (χ1) is 14.2. The molecule has 1 unspecified atom stereocenters. The fourth-order valence-electron chi connectivity index (χ4n) is 3.87. The number of hydrogen-bond donors (Lipinski definition) is 0. The molecule has 0 aliphatic carbocycles. The molecule has 174 valence electrons. The number of carbonyl (C=O) groups excluding carboxylic acids is 1. The monoisotopic (exact) mass is 410 g/mol. The van der Waals surface area contributed by atoms with Crippen molar-refractivity contribution in [2.24, 2.45) is 5.92 Å². The third-order valence-electron chi connectivity index (χ3n) is 6.29. The molecule has 29 heavy (non-hydrogen) atoms. The third kappa shape index (κ3) is 23.6. The number of esters is 1. The summed E-state index contributed by atoms with van der Waals surface area (Å²) in [6.45, 7) is 7.56. The van der Waals surface area contributed by atoms with Gasteiger partial charge in [-0.15, -0.1) is 0 Å². The molecule has 0 saturated heterocycles. The normalized spacial score (nSPS) is 12.2. The zero-order valence-corrected chi connectivity index (χ0v) is 20.5. The van der Waals surface area contributed by atoms with Gasteiger partial charge in [-0.1, -0.05) is 136 Å². The summed E-state index contributed by atoms with van der Waals surface area (Å²) in [5.41, 5.74) is 0. The van der Waals surface area contributed by atoms with E-state index in [1.807, 2.05) is 0 Å². The van der Waals surface area contributed by atoms with Crippen LogP contribution in [0.1, 0.15) is 156 Å². The molecule has 0 aliphatic rings. The Kier molecular flexibility index (Phi) is 23.3. The van der Waals surface area contributed by atoms with E-state index in [-0.39, 0.29) is 5.97 Å². The number of ether oxygens (including phenoxy) is 1. The molecule has 0 aromatic heterocycles. The van der Waals surface area contributed by atoms with Crippen LogP contribution >= 0.6 is 0 Å². The van der Waals surface area contributed by atoms with Crippen molar-refractivity contribution < 1.29 is 9.53 Å². The van der Waals surface area contributed by atoms with Gasteiger partial charge in [-0.2, -0.15) is 0 Å². The van der Waals surface area contributed by atoms with Crippen molar-refractivity contribution in [2.45, 2.75) is 156 Å². The molecule has 0 fully saturated rings. The molecule has 0 aromatic carbocycles. The van der Waals surface area contributed by atoms with Gasteiger partial charge in [0.05, 0.1) is 6.61 Å². The minimum atomic E-state index is 0.0188. The smallest absolute Gasteiger partial charge is 0.305 e. The third-order valence-corrected chi connectivity index (χ3v) is 6.29. The van der Waals surface area contributed by atoms with E-state index in [2.05, 4.69) is 20.8 Å². The van der Waals surface area contributed by atoms with Crippen molar-refractivity contribution in [1.82, 2.24) is 0 Å². The van der Waals surface area contributed by atoms with Crippen LogP contribution in [0.2, 0.25) is 0 Å². The minimum Gasteiger partial charge on any atom is -0.466 e. The SMILES string of the molecule is CCCCCCCCCCCC(=O)OCCCCCCCCCCCC(C)CC. The second kappa shape index (κ2) is 23.7. The standard InChI is InChI=1S/C27H54O2/c1-4-6-7-8-9-11-15-18-21-24-27(28)29-25-22-19-16-13-10-12-14-17-20-23-26(3)5-2/h26H,4-25H2,1-3H3. The lowest BCUT2D eigenvalue weighted by atomic mass is 9.99. The van der Waals surface area contributed by atoms with E-state index in [4.69, 9.17) is 4.74 Å². The highest BCUT2D eigenvalue weighted by atomic mass is 16.5. The van der Waals surface area contributed by atoms with E-state index in [9.17, 15) is 4.79 Å². The van der Waals surface area contributed by atoms with Crippen molar-refractivity contribution in [1.29, 1.82) is 0 Å². The topological polar surface area (TPSA) is 26.3 Å². The Balaban J connectivity index is 3.16. The van der Waals surface area contributed by atoms with Gasteiger partial charge >= 0.3 is 5.97 Å². The first-order valence-electron chi connectivity index (χ1n) is 13.4. The number of hydrogen-bond acceptors (Lipinski definition) is 2. The van der Waals surface area contributed by atoms with Crippen LogP contribution in [0.25, 0.3) is 0 Å². The van der Waals surface area contributed by atoms with Gasteiger partial charge in [0.1, 0.15) is 0 Å². The Morgan fingerprint density at radius 1 is 0.621 bits per heavy atom. The second-order valence-electron chi connectivity index (χ2n) is 9.28. The molecule has 0 N–H and O–H groups in total. The number of rotatable bonds is 23. The molecule has 0 amide bonds. The van der Waals surface area contributed by atoms with Crippen LogP contribution in [0.15, 0.2) is 0 Å². The Morgan fingerprint density at radius 2 is 1.07 bits per heavy atom. The lowest BCUT2D eigenvalue weighted by molar-refractivity contribution is -0.143. The van der Waals surface area contributed by atoms with Gasteiger partial charge in [0.15, 0.2) is 0 Å². The summed E-state index contributed by atoms with van der Waals surface area (Å²) in [6.07, 6.45) is 26.9. The quantitative estimate of drug-likeness (QED) is 0.124. The van der Waals surface area contributed by atoms with Crippen LogP contribution in [0.4, 0.5) is 0 Å². The van der Waals surface area contributed by atoms with Crippen LogP contribution in [0, 0.1) is 5.92 Å². The van der Waals surface area contributed by atoms with Gasteiger partial charge in [-0.3, -0.25) is 4.79 Å². The average molecular weight is 411 g/mol. The summed E-state index contributed by atoms with van der Waals surface area (Å²) in [7, 11) is 0. The maximum Gasteiger partial charge on any atom is 0.305 e. The van der Waals surface area contributed by atoms with Crippen molar-refractivity contribution in [2.75, 3.05) is 6.61 Å². The lowest BCUT2D eigenvalue weighted by Gasteiger charge is -2.07. The second-order valence-corrected chi connectivity index (χ2v) is 9.28. The summed E-state index contributed by atoms with van der Waals surface area (Å²) in [6, 6.07) is 0. The van der Waals surface area contributed by atoms with Gasteiger partial charge in [0, 0.05) is 6.42 Å². The fraction of sp³-hybridized carbons (Fsp3) is 0.963. The molecule has 2 nitrogen and oxygen atoms in total. The Hall–Kier alpha value is -0.530. The maximum atomic E-state index is 11.7. The van der Waals surface area contributed by atoms with Gasteiger partial charge in [-0.25, -0.2) is 0 Å². The molecule has 0 spiro atoms. The van der Waals surface area contributed by atoms with Crippen molar-refractivity contribution in [3.63, 3.8) is 0 Å². The van der Waals surface area contributed by atoms with Crippen LogP contribution in [0.3, 0.4) is 0 Å². The minimum absolute atomic E-state index is 0.0188. The Labute approximate surface area is 184 Å². The first kappa shape index (κ1) is 28.5. The van der Waals surface area contributed by atoms with Crippen molar-refractivity contribution in [3.8, 4) is 0 Å². The van der Waals surface area contributed by atoms with Gasteiger partial charge in [-0.05, 0) is 18.8 Å². The molecule has 0 saturated carbocycles. The molecule has 0 aromatic rings. The van der Waals surface area contributed by atoms with Crippen LogP contribution in [-0.4, -0.2) is 12.6 Å². The van der Waals surface area contributed by atoms with E-state index in [1.165, 1.54) is 116 Å². The van der Waals surface area contributed by atoms with E-state index in [0.29, 0.717) is 13.0 Å². The summed E-state index contributed by atoms with van der Waals surface area (Å²) in [4.78, 5) is 11.7. The van der Waals surface area contributed by atoms with Gasteiger partial charge < -0.3 is 4.74 Å². The van der Waals surface area contributed by atoms with Gasteiger partial charge in [0.2, 0.25) is 0 Å². The highest BCUT2D eigenvalue weighted by Gasteiger charge is 2.03. The summed E-state index contributed by atoms with van der Waals surface area (Å²) >= 11 is 0. The fourth-order valence-corrected chi connectivity index (χ4v) is 3.87. The molecular formula is C27H54O2. The Morgan fingerprint density at radius 3 is 1.59 bits per heavy atom. The van der Waals surface area contributed by atoms with Gasteiger partial charge in [0.25, 0.3) is 0 Å².